The van der Waals surface area contributed by atoms with Crippen LogP contribution in [0, 0.1) is 5.21 Å². The van der Waals surface area contributed by atoms with Crippen LogP contribution >= 0.6 is 0 Å². The molecule has 0 aromatic heterocycles. The first-order valence-corrected chi connectivity index (χ1v) is 6.06. The highest BCUT2D eigenvalue weighted by molar-refractivity contribution is 4.70. The van der Waals surface area contributed by atoms with Crippen molar-refractivity contribution in [2.24, 2.45) is 5.28 Å². The summed E-state index contributed by atoms with van der Waals surface area (Å²) >= 11 is 0. The lowest BCUT2D eigenvalue weighted by Crippen LogP contribution is -2.42. The van der Waals surface area contributed by atoms with E-state index in [-0.39, 0.29) is 17.7 Å². The van der Waals surface area contributed by atoms with Gasteiger partial charge in [-0.15, -0.1) is 5.01 Å². The molecular weight excluding hydrogens is 222 g/mol. The summed E-state index contributed by atoms with van der Waals surface area (Å²) in [5, 5.41) is 26.0. The number of hydrogen-bond acceptors (Lipinski definition) is 4. The minimum Gasteiger partial charge on any atom is -0.569 e. The molecule has 1 rings (SSSR count). The van der Waals surface area contributed by atoms with E-state index in [2.05, 4.69) is 5.28 Å². The standard InChI is InChI=1S/C11H23N3O3/c1-11(2,3)13(4)14(16)12-17-10-7-5-9(15)6-8-10/h9-10,15H,5-8H2,1-4H3/b14-12-/t9-,10+. The molecule has 1 aliphatic rings. The van der Waals surface area contributed by atoms with Gasteiger partial charge in [0.05, 0.1) is 23.7 Å². The first-order valence-electron chi connectivity index (χ1n) is 6.06. The second kappa shape index (κ2) is 5.53. The Morgan fingerprint density at radius 3 is 2.29 bits per heavy atom. The van der Waals surface area contributed by atoms with Crippen molar-refractivity contribution >= 4 is 0 Å². The molecule has 0 heterocycles. The zero-order valence-corrected chi connectivity index (χ0v) is 11.1. The maximum Gasteiger partial charge on any atom is 0.233 e. The quantitative estimate of drug-likeness (QED) is 0.468. The van der Waals surface area contributed by atoms with Gasteiger partial charge in [-0.25, -0.2) is 0 Å². The summed E-state index contributed by atoms with van der Waals surface area (Å²) in [6, 6.07) is 0. The van der Waals surface area contributed by atoms with Crippen LogP contribution in [-0.4, -0.2) is 39.9 Å². The summed E-state index contributed by atoms with van der Waals surface area (Å²) in [5.74, 6) is 0. The van der Waals surface area contributed by atoms with Gasteiger partial charge in [0.25, 0.3) is 0 Å². The van der Waals surface area contributed by atoms with E-state index in [0.717, 1.165) is 12.8 Å². The van der Waals surface area contributed by atoms with Crippen molar-refractivity contribution in [1.82, 2.24) is 5.01 Å². The fraction of sp³-hybridized carbons (Fsp3) is 1.00. The molecule has 0 amide bonds. The van der Waals surface area contributed by atoms with Gasteiger partial charge in [-0.3, -0.25) is 0 Å². The summed E-state index contributed by atoms with van der Waals surface area (Å²) in [4.78, 5) is 5.67. The summed E-state index contributed by atoms with van der Waals surface area (Å²) in [6.07, 6.45) is 2.65. The average Bonchev–Trinajstić information content (AvgIpc) is 2.25. The summed E-state index contributed by atoms with van der Waals surface area (Å²) in [7, 11) is 1.67. The zero-order valence-electron chi connectivity index (χ0n) is 11.1. The van der Waals surface area contributed by atoms with E-state index in [1.54, 1.807) is 7.05 Å². The van der Waals surface area contributed by atoms with E-state index in [1.807, 2.05) is 20.8 Å². The fourth-order valence-corrected chi connectivity index (χ4v) is 1.57. The molecule has 6 heteroatoms. The van der Waals surface area contributed by atoms with E-state index >= 15 is 0 Å². The summed E-state index contributed by atoms with van der Waals surface area (Å²) in [5.41, 5.74) is -0.294. The third-order valence-electron chi connectivity index (χ3n) is 3.14. The van der Waals surface area contributed by atoms with E-state index in [4.69, 9.17) is 4.84 Å². The maximum absolute atomic E-state index is 11.6. The predicted octanol–water partition coefficient (Wildman–Crippen LogP) is 1.83. The minimum atomic E-state index is -0.294. The smallest absolute Gasteiger partial charge is 0.233 e. The van der Waals surface area contributed by atoms with Crippen LogP contribution in [0.4, 0.5) is 0 Å². The van der Waals surface area contributed by atoms with Gasteiger partial charge in [-0.05, 0) is 46.5 Å². The Balaban J connectivity index is 2.42. The van der Waals surface area contributed by atoms with Crippen molar-refractivity contribution in [1.29, 1.82) is 0 Å². The van der Waals surface area contributed by atoms with E-state index < -0.39 is 0 Å². The van der Waals surface area contributed by atoms with Crippen LogP contribution in [0.15, 0.2) is 5.28 Å². The van der Waals surface area contributed by atoms with Crippen LogP contribution in [0.1, 0.15) is 46.5 Å². The Morgan fingerprint density at radius 2 is 1.82 bits per heavy atom. The molecule has 0 saturated heterocycles. The van der Waals surface area contributed by atoms with E-state index in [9.17, 15) is 10.3 Å². The SMILES string of the molecule is CN(/[N+]([O-])=N/O[C@H]1CC[C@@H](O)CC1)C(C)(C)C. The van der Waals surface area contributed by atoms with Crippen LogP contribution in [-0.2, 0) is 4.84 Å². The van der Waals surface area contributed by atoms with Crippen LogP contribution in [0.3, 0.4) is 0 Å². The number of hydrazine groups is 1. The molecule has 0 radical (unpaired) electrons. The third-order valence-corrected chi connectivity index (χ3v) is 3.14. The molecule has 0 spiro atoms. The fourth-order valence-electron chi connectivity index (χ4n) is 1.57. The van der Waals surface area contributed by atoms with Gasteiger partial charge in [-0.2, -0.15) is 0 Å². The molecule has 1 fully saturated rings. The molecule has 1 N–H and O–H groups in total. The van der Waals surface area contributed by atoms with Crippen molar-refractivity contribution in [3.05, 3.63) is 5.21 Å². The highest BCUT2D eigenvalue weighted by Gasteiger charge is 2.25. The molecule has 0 unspecified atom stereocenters. The molecule has 0 aromatic rings. The van der Waals surface area contributed by atoms with Crippen LogP contribution in [0.5, 0.6) is 0 Å². The Bertz CT molecular complexity index is 268. The van der Waals surface area contributed by atoms with Gasteiger partial charge in [0.2, 0.25) is 5.28 Å². The van der Waals surface area contributed by atoms with Gasteiger partial charge in [0.1, 0.15) is 6.10 Å². The lowest BCUT2D eigenvalue weighted by atomic mass is 9.95. The van der Waals surface area contributed by atoms with Crippen molar-refractivity contribution in [3.63, 3.8) is 0 Å². The molecule has 1 aliphatic carbocycles. The number of hydrogen-bond donors (Lipinski definition) is 1. The highest BCUT2D eigenvalue weighted by atomic mass is 16.7. The van der Waals surface area contributed by atoms with Crippen molar-refractivity contribution in [3.8, 4) is 0 Å². The average molecular weight is 245 g/mol. The van der Waals surface area contributed by atoms with Gasteiger partial charge in [0.15, 0.2) is 0 Å². The third kappa shape index (κ3) is 4.38. The van der Waals surface area contributed by atoms with Gasteiger partial charge in [-0.1, -0.05) is 0 Å². The van der Waals surface area contributed by atoms with E-state index in [1.165, 1.54) is 5.01 Å². The minimum absolute atomic E-state index is 0.0526. The van der Waals surface area contributed by atoms with Crippen LogP contribution in [0.25, 0.3) is 0 Å². The first-order chi connectivity index (χ1) is 7.80. The molecule has 6 nitrogen and oxygen atoms in total. The number of nitrogens with zero attached hydrogens (tertiary/aromatic N) is 3. The number of aliphatic hydroxyl groups excluding tert-OH is 1. The maximum atomic E-state index is 11.6. The Labute approximate surface area is 102 Å². The molecular formula is C11H23N3O3. The molecule has 1 saturated carbocycles. The summed E-state index contributed by atoms with van der Waals surface area (Å²) < 4.78 is 0. The lowest BCUT2D eigenvalue weighted by Gasteiger charge is -2.27. The Hall–Kier alpha value is -1.04. The van der Waals surface area contributed by atoms with Crippen LogP contribution < -0.4 is 0 Å². The van der Waals surface area contributed by atoms with Crippen LogP contribution in [0.2, 0.25) is 0 Å². The lowest BCUT2D eigenvalue weighted by molar-refractivity contribution is -0.720. The van der Waals surface area contributed by atoms with Crippen molar-refractivity contribution in [2.75, 3.05) is 7.05 Å². The first kappa shape index (κ1) is 14.0. The second-order valence-electron chi connectivity index (χ2n) is 5.56. The van der Waals surface area contributed by atoms with Gasteiger partial charge < -0.3 is 15.2 Å². The predicted molar refractivity (Wildman–Crippen MR) is 62.9 cm³/mol. The second-order valence-corrected chi connectivity index (χ2v) is 5.56. The molecule has 17 heavy (non-hydrogen) atoms. The highest BCUT2D eigenvalue weighted by Crippen LogP contribution is 2.21. The molecule has 100 valence electrons. The Morgan fingerprint density at radius 1 is 1.29 bits per heavy atom. The number of aliphatic hydroxyl groups is 1. The van der Waals surface area contributed by atoms with Gasteiger partial charge in [0, 0.05) is 0 Å². The monoisotopic (exact) mass is 245 g/mol. The normalized spacial score (nSPS) is 26.8. The Kier molecular flexibility index (Phi) is 4.56. The topological polar surface area (TPSA) is 71.1 Å². The number of rotatable bonds is 3. The van der Waals surface area contributed by atoms with Crippen molar-refractivity contribution in [2.45, 2.75) is 64.2 Å². The van der Waals surface area contributed by atoms with Crippen molar-refractivity contribution < 1.29 is 14.9 Å². The zero-order chi connectivity index (χ0) is 13.1. The molecule has 0 atom stereocenters. The van der Waals surface area contributed by atoms with Gasteiger partial charge >= 0.3 is 0 Å². The molecule has 0 aromatic carbocycles. The summed E-state index contributed by atoms with van der Waals surface area (Å²) in [6.45, 7) is 5.76. The molecule has 0 aliphatic heterocycles. The van der Waals surface area contributed by atoms with E-state index in [0.29, 0.717) is 17.8 Å². The largest absolute Gasteiger partial charge is 0.569 e. The molecule has 0 bridgehead atoms.